The summed E-state index contributed by atoms with van der Waals surface area (Å²) in [5.74, 6) is -0.891. The lowest BCUT2D eigenvalue weighted by Crippen LogP contribution is -2.55. The molecule has 0 bridgehead atoms. The van der Waals surface area contributed by atoms with Gasteiger partial charge in [-0.1, -0.05) is 0 Å². The van der Waals surface area contributed by atoms with Gasteiger partial charge in [-0.25, -0.2) is 9.69 Å². The van der Waals surface area contributed by atoms with Crippen LogP contribution in [0.15, 0.2) is 5.11 Å². The Morgan fingerprint density at radius 1 is 1.16 bits per heavy atom. The Hall–Kier alpha value is -1.87. The van der Waals surface area contributed by atoms with Crippen molar-refractivity contribution in [3.63, 3.8) is 0 Å². The molecule has 2 fully saturated rings. The average Bonchev–Trinajstić information content (AvgIpc) is 3.23. The minimum atomic E-state index is -1.73. The fourth-order valence-electron chi connectivity index (χ4n) is 3.90. The third-order valence-electron chi connectivity index (χ3n) is 5.36. The van der Waals surface area contributed by atoms with Crippen molar-refractivity contribution in [3.05, 3.63) is 10.4 Å². The summed E-state index contributed by atoms with van der Waals surface area (Å²) in [5, 5.41) is 3.90. The highest BCUT2D eigenvalue weighted by atomic mass is 16.8. The van der Waals surface area contributed by atoms with Crippen LogP contribution in [-0.4, -0.2) is 60.4 Å². The van der Waals surface area contributed by atoms with Gasteiger partial charge in [0.05, 0.1) is 18.6 Å². The Morgan fingerprint density at radius 3 is 2.29 bits per heavy atom. The van der Waals surface area contributed by atoms with Crippen molar-refractivity contribution >= 4 is 11.9 Å². The highest BCUT2D eigenvalue weighted by Crippen LogP contribution is 2.35. The van der Waals surface area contributed by atoms with Gasteiger partial charge in [-0.2, -0.15) is 0 Å². The van der Waals surface area contributed by atoms with E-state index in [2.05, 4.69) is 10.0 Å². The van der Waals surface area contributed by atoms with Gasteiger partial charge in [0, 0.05) is 18.0 Å². The standard InChI is InChI=1S/C21H36N4O6/c1-6-28-19(27)16-9-11-17(12-10-16)30-21(23-24-22,25-13-7-8-14-25)29-15(2)18(26)31-20(3,4)5/h15-17H,6-14H2,1-5H3. The number of hydrogen-bond acceptors (Lipinski definition) is 8. The van der Waals surface area contributed by atoms with E-state index in [1.165, 1.54) is 0 Å². The van der Waals surface area contributed by atoms with Gasteiger partial charge in [-0.15, -0.1) is 0 Å². The second-order valence-corrected chi connectivity index (χ2v) is 9.07. The van der Waals surface area contributed by atoms with Crippen molar-refractivity contribution in [2.45, 2.75) is 97.0 Å². The van der Waals surface area contributed by atoms with Gasteiger partial charge < -0.3 is 18.9 Å². The normalized spacial score (nSPS) is 25.2. The smallest absolute Gasteiger partial charge is 0.335 e. The maximum Gasteiger partial charge on any atom is 0.335 e. The van der Waals surface area contributed by atoms with Crippen molar-refractivity contribution in [2.75, 3.05) is 19.7 Å². The second kappa shape index (κ2) is 11.1. The molecule has 1 saturated heterocycles. The molecule has 10 heteroatoms. The number of ether oxygens (including phenoxy) is 4. The molecule has 2 aliphatic rings. The summed E-state index contributed by atoms with van der Waals surface area (Å²) in [6.07, 6.45) is 2.99. The zero-order chi connectivity index (χ0) is 23.1. The summed E-state index contributed by atoms with van der Waals surface area (Å²) in [4.78, 5) is 29.3. The third-order valence-corrected chi connectivity index (χ3v) is 5.36. The third kappa shape index (κ3) is 7.35. The largest absolute Gasteiger partial charge is 0.466 e. The molecule has 1 aliphatic heterocycles. The van der Waals surface area contributed by atoms with Crippen LogP contribution in [0.3, 0.4) is 0 Å². The lowest BCUT2D eigenvalue weighted by molar-refractivity contribution is -0.342. The quantitative estimate of drug-likeness (QED) is 0.175. The van der Waals surface area contributed by atoms with Gasteiger partial charge in [-0.3, -0.25) is 4.79 Å². The zero-order valence-corrected chi connectivity index (χ0v) is 19.3. The van der Waals surface area contributed by atoms with E-state index in [1.807, 2.05) is 4.90 Å². The van der Waals surface area contributed by atoms with Crippen molar-refractivity contribution < 1.29 is 28.5 Å². The Labute approximate surface area is 184 Å². The van der Waals surface area contributed by atoms with E-state index in [0.717, 1.165) is 12.8 Å². The zero-order valence-electron chi connectivity index (χ0n) is 19.3. The van der Waals surface area contributed by atoms with Crippen molar-refractivity contribution in [3.8, 4) is 0 Å². The summed E-state index contributed by atoms with van der Waals surface area (Å²) >= 11 is 0. The van der Waals surface area contributed by atoms with Crippen LogP contribution < -0.4 is 0 Å². The minimum Gasteiger partial charge on any atom is -0.466 e. The maximum atomic E-state index is 12.5. The van der Waals surface area contributed by atoms with Gasteiger partial charge in [0.15, 0.2) is 6.10 Å². The van der Waals surface area contributed by atoms with Gasteiger partial charge in [0.2, 0.25) is 0 Å². The first kappa shape index (κ1) is 25.4. The first-order chi connectivity index (χ1) is 14.6. The molecule has 0 radical (unpaired) electrons. The summed E-state index contributed by atoms with van der Waals surface area (Å²) < 4.78 is 22.8. The van der Waals surface area contributed by atoms with E-state index in [1.54, 1.807) is 34.6 Å². The Balaban J connectivity index is 2.14. The van der Waals surface area contributed by atoms with Crippen molar-refractivity contribution in [1.82, 2.24) is 4.90 Å². The first-order valence-corrected chi connectivity index (χ1v) is 11.2. The van der Waals surface area contributed by atoms with Crippen LogP contribution in [0.5, 0.6) is 0 Å². The monoisotopic (exact) mass is 440 g/mol. The van der Waals surface area contributed by atoms with E-state index in [4.69, 9.17) is 18.9 Å². The van der Waals surface area contributed by atoms with Crippen LogP contribution in [0.25, 0.3) is 10.4 Å². The van der Waals surface area contributed by atoms with Gasteiger partial charge in [0.1, 0.15) is 5.60 Å². The molecule has 0 aromatic carbocycles. The van der Waals surface area contributed by atoms with Crippen LogP contribution in [-0.2, 0) is 28.5 Å². The number of hydrogen-bond donors (Lipinski definition) is 0. The highest BCUT2D eigenvalue weighted by Gasteiger charge is 2.46. The van der Waals surface area contributed by atoms with E-state index in [-0.39, 0.29) is 18.0 Å². The van der Waals surface area contributed by atoms with E-state index in [0.29, 0.717) is 45.4 Å². The van der Waals surface area contributed by atoms with Crippen LogP contribution >= 0.6 is 0 Å². The number of azide groups is 1. The van der Waals surface area contributed by atoms with E-state index in [9.17, 15) is 15.1 Å². The number of carbonyl (C=O) groups is 2. The fraction of sp³-hybridized carbons (Fsp3) is 0.905. The van der Waals surface area contributed by atoms with Crippen LogP contribution in [0, 0.1) is 5.92 Å². The van der Waals surface area contributed by atoms with E-state index >= 15 is 0 Å². The minimum absolute atomic E-state index is 0.151. The molecule has 0 amide bonds. The number of likely N-dealkylation sites (tertiary alicyclic amines) is 1. The summed E-state index contributed by atoms with van der Waals surface area (Å²) in [7, 11) is 0. The molecule has 2 rings (SSSR count). The SMILES string of the molecule is CCOC(=O)C1CCC(OC(N=[N+]=[N-])(OC(C)C(=O)OC(C)(C)C)N2CCCC2)CC1. The molecule has 0 aromatic heterocycles. The molecule has 2 unspecified atom stereocenters. The van der Waals surface area contributed by atoms with E-state index < -0.39 is 23.7 Å². The number of carbonyl (C=O) groups excluding carboxylic acids is 2. The number of rotatable bonds is 9. The van der Waals surface area contributed by atoms with Gasteiger partial charge in [-0.05, 0) is 83.8 Å². The van der Waals surface area contributed by atoms with Gasteiger partial charge >= 0.3 is 18.0 Å². The Kier molecular flexibility index (Phi) is 9.12. The molecule has 1 heterocycles. The Morgan fingerprint density at radius 2 is 1.77 bits per heavy atom. The second-order valence-electron chi connectivity index (χ2n) is 9.07. The maximum absolute atomic E-state index is 12.5. The molecule has 176 valence electrons. The molecule has 1 aliphatic carbocycles. The average molecular weight is 441 g/mol. The summed E-state index contributed by atoms with van der Waals surface area (Å²) in [6, 6.07) is -1.73. The van der Waals surface area contributed by atoms with Crippen molar-refractivity contribution in [2.24, 2.45) is 11.0 Å². The molecular weight excluding hydrogens is 404 g/mol. The Bertz CT molecular complexity index is 661. The molecule has 2 atom stereocenters. The molecular formula is C21H36N4O6. The molecule has 0 spiro atoms. The molecule has 0 aromatic rings. The number of esters is 2. The summed E-state index contributed by atoms with van der Waals surface area (Å²) in [6.45, 7) is 10.3. The fourth-order valence-corrected chi connectivity index (χ4v) is 3.90. The van der Waals surface area contributed by atoms with Crippen LogP contribution in [0.2, 0.25) is 0 Å². The first-order valence-electron chi connectivity index (χ1n) is 11.2. The number of nitrogens with zero attached hydrogens (tertiary/aromatic N) is 4. The lowest BCUT2D eigenvalue weighted by Gasteiger charge is -2.42. The highest BCUT2D eigenvalue weighted by molar-refractivity contribution is 5.74. The molecule has 10 nitrogen and oxygen atoms in total. The topological polar surface area (TPSA) is 123 Å². The van der Waals surface area contributed by atoms with Crippen molar-refractivity contribution in [1.29, 1.82) is 0 Å². The summed E-state index contributed by atoms with van der Waals surface area (Å²) in [5.41, 5.74) is 8.63. The predicted octanol–water partition coefficient (Wildman–Crippen LogP) is 3.89. The van der Waals surface area contributed by atoms with Crippen LogP contribution in [0.4, 0.5) is 0 Å². The molecule has 0 N–H and O–H groups in total. The van der Waals surface area contributed by atoms with Crippen LogP contribution in [0.1, 0.15) is 73.1 Å². The van der Waals surface area contributed by atoms with Gasteiger partial charge in [0.25, 0.3) is 0 Å². The molecule has 1 saturated carbocycles. The predicted molar refractivity (Wildman–Crippen MR) is 113 cm³/mol. The lowest BCUT2D eigenvalue weighted by atomic mass is 9.87. The molecule has 31 heavy (non-hydrogen) atoms.